The van der Waals surface area contributed by atoms with E-state index in [1.54, 1.807) is 12.3 Å². The molecule has 19 heavy (non-hydrogen) atoms. The van der Waals surface area contributed by atoms with Gasteiger partial charge < -0.3 is 10.8 Å². The van der Waals surface area contributed by atoms with Crippen LogP contribution in [0, 0.1) is 0 Å². The van der Waals surface area contributed by atoms with Crippen molar-refractivity contribution in [2.75, 3.05) is 0 Å². The lowest BCUT2D eigenvalue weighted by atomic mass is 10.0. The molecule has 1 aromatic heterocycles. The number of hydrogen-bond donors (Lipinski definition) is 2. The van der Waals surface area contributed by atoms with Crippen LogP contribution in [0.2, 0.25) is 0 Å². The van der Waals surface area contributed by atoms with Crippen LogP contribution in [0.3, 0.4) is 0 Å². The van der Waals surface area contributed by atoms with Crippen LogP contribution in [0.15, 0.2) is 28.9 Å². The standard InChI is InChI=1S/C14H11BrN2O2/c15-12-2-1-9(14(16)19)11-3-7-5-17-8(6-18)4-10(7)13(11)12/h1-2,4-5,18H,3,6H2,(H2,16,19). The number of benzene rings is 1. The van der Waals surface area contributed by atoms with E-state index < -0.39 is 5.91 Å². The lowest BCUT2D eigenvalue weighted by molar-refractivity contribution is 0.0999. The molecule has 0 fully saturated rings. The Morgan fingerprint density at radius 3 is 2.95 bits per heavy atom. The number of carbonyl (C=O) groups excluding carboxylic acids is 1. The van der Waals surface area contributed by atoms with Crippen LogP contribution in [-0.4, -0.2) is 16.0 Å². The fourth-order valence-corrected chi connectivity index (χ4v) is 3.09. The third kappa shape index (κ3) is 1.86. The molecule has 2 aromatic rings. The third-order valence-corrected chi connectivity index (χ3v) is 4.03. The fraction of sp³-hybridized carbons (Fsp3) is 0.143. The first-order valence-corrected chi connectivity index (χ1v) is 6.61. The van der Waals surface area contributed by atoms with Gasteiger partial charge in [-0.1, -0.05) is 15.9 Å². The second-order valence-corrected chi connectivity index (χ2v) is 5.33. The normalized spacial score (nSPS) is 12.1. The molecule has 0 radical (unpaired) electrons. The van der Waals surface area contributed by atoms with Crippen molar-refractivity contribution in [2.24, 2.45) is 5.73 Å². The van der Waals surface area contributed by atoms with E-state index in [1.807, 2.05) is 12.1 Å². The SMILES string of the molecule is NC(=O)c1ccc(Br)c2c1Cc1cnc(CO)cc1-2. The predicted octanol–water partition coefficient (Wildman–Crippen LogP) is 2.01. The number of nitrogens with zero attached hydrogens (tertiary/aromatic N) is 1. The number of hydrogen-bond acceptors (Lipinski definition) is 3. The monoisotopic (exact) mass is 318 g/mol. The third-order valence-electron chi connectivity index (χ3n) is 3.37. The maximum Gasteiger partial charge on any atom is 0.249 e. The smallest absolute Gasteiger partial charge is 0.249 e. The van der Waals surface area contributed by atoms with Crippen molar-refractivity contribution in [1.82, 2.24) is 4.98 Å². The van der Waals surface area contributed by atoms with Gasteiger partial charge in [0, 0.05) is 28.2 Å². The number of fused-ring (bicyclic) bond motifs is 3. The zero-order chi connectivity index (χ0) is 13.6. The van der Waals surface area contributed by atoms with E-state index in [2.05, 4.69) is 20.9 Å². The number of aliphatic hydroxyl groups excluding tert-OH is 1. The van der Waals surface area contributed by atoms with Crippen molar-refractivity contribution in [3.63, 3.8) is 0 Å². The summed E-state index contributed by atoms with van der Waals surface area (Å²) in [6, 6.07) is 5.42. The molecule has 0 spiro atoms. The molecular formula is C14H11BrN2O2. The van der Waals surface area contributed by atoms with E-state index in [4.69, 9.17) is 5.73 Å². The van der Waals surface area contributed by atoms with Crippen LogP contribution in [-0.2, 0) is 13.0 Å². The highest BCUT2D eigenvalue weighted by Crippen LogP contribution is 2.42. The molecule has 96 valence electrons. The lowest BCUT2D eigenvalue weighted by Gasteiger charge is -2.08. The van der Waals surface area contributed by atoms with E-state index >= 15 is 0 Å². The molecule has 1 aromatic carbocycles. The number of primary amides is 1. The van der Waals surface area contributed by atoms with Crippen molar-refractivity contribution in [3.05, 3.63) is 51.3 Å². The molecular weight excluding hydrogens is 308 g/mol. The van der Waals surface area contributed by atoms with E-state index in [-0.39, 0.29) is 6.61 Å². The van der Waals surface area contributed by atoms with Crippen LogP contribution in [0.25, 0.3) is 11.1 Å². The number of amides is 1. The number of aliphatic hydroxyl groups is 1. The molecule has 3 rings (SSSR count). The van der Waals surface area contributed by atoms with Crippen LogP contribution in [0.1, 0.15) is 27.2 Å². The highest BCUT2D eigenvalue weighted by molar-refractivity contribution is 9.10. The Morgan fingerprint density at radius 2 is 2.26 bits per heavy atom. The Balaban J connectivity index is 2.28. The van der Waals surface area contributed by atoms with Gasteiger partial charge >= 0.3 is 0 Å². The van der Waals surface area contributed by atoms with Crippen molar-refractivity contribution in [3.8, 4) is 11.1 Å². The van der Waals surface area contributed by atoms with Crippen LogP contribution < -0.4 is 5.73 Å². The molecule has 0 saturated carbocycles. The zero-order valence-corrected chi connectivity index (χ0v) is 11.6. The minimum Gasteiger partial charge on any atom is -0.390 e. The molecule has 0 atom stereocenters. The topological polar surface area (TPSA) is 76.2 Å². The van der Waals surface area contributed by atoms with E-state index in [0.29, 0.717) is 17.7 Å². The van der Waals surface area contributed by atoms with Gasteiger partial charge in [0.25, 0.3) is 0 Å². The van der Waals surface area contributed by atoms with Crippen molar-refractivity contribution in [2.45, 2.75) is 13.0 Å². The number of carbonyl (C=O) groups is 1. The molecule has 0 bridgehead atoms. The minimum absolute atomic E-state index is 0.101. The van der Waals surface area contributed by atoms with Gasteiger partial charge in [0.2, 0.25) is 5.91 Å². The Kier molecular flexibility index (Phi) is 2.88. The predicted molar refractivity (Wildman–Crippen MR) is 74.6 cm³/mol. The summed E-state index contributed by atoms with van der Waals surface area (Å²) in [6.45, 7) is -0.101. The van der Waals surface area contributed by atoms with E-state index in [1.165, 1.54) is 0 Å². The van der Waals surface area contributed by atoms with Crippen LogP contribution >= 0.6 is 15.9 Å². The van der Waals surface area contributed by atoms with Gasteiger partial charge in [-0.2, -0.15) is 0 Å². The van der Waals surface area contributed by atoms with Gasteiger partial charge in [-0.05, 0) is 34.9 Å². The molecule has 3 N–H and O–H groups in total. The molecule has 4 nitrogen and oxygen atoms in total. The average Bonchev–Trinajstić information content (AvgIpc) is 2.77. The summed E-state index contributed by atoms with van der Waals surface area (Å²) < 4.78 is 0.918. The molecule has 1 heterocycles. The first kappa shape index (κ1) is 12.3. The summed E-state index contributed by atoms with van der Waals surface area (Å²) in [5, 5.41) is 9.18. The summed E-state index contributed by atoms with van der Waals surface area (Å²) in [5.41, 5.74) is 10.5. The van der Waals surface area contributed by atoms with Crippen molar-refractivity contribution in [1.29, 1.82) is 0 Å². The molecule has 0 unspecified atom stereocenters. The summed E-state index contributed by atoms with van der Waals surface area (Å²) in [7, 11) is 0. The molecule has 0 saturated heterocycles. The van der Waals surface area contributed by atoms with Gasteiger partial charge in [0.15, 0.2) is 0 Å². The second-order valence-electron chi connectivity index (χ2n) is 4.48. The van der Waals surface area contributed by atoms with Gasteiger partial charge in [0.1, 0.15) is 0 Å². The molecule has 1 amide bonds. The van der Waals surface area contributed by atoms with Crippen LogP contribution in [0.4, 0.5) is 0 Å². The molecule has 5 heteroatoms. The van der Waals surface area contributed by atoms with E-state index in [9.17, 15) is 9.90 Å². The Labute approximate surface area is 118 Å². The van der Waals surface area contributed by atoms with Gasteiger partial charge in [-0.15, -0.1) is 0 Å². The number of rotatable bonds is 2. The lowest BCUT2D eigenvalue weighted by Crippen LogP contribution is -2.13. The summed E-state index contributed by atoms with van der Waals surface area (Å²) >= 11 is 3.51. The largest absolute Gasteiger partial charge is 0.390 e. The second kappa shape index (κ2) is 4.43. The number of pyridine rings is 1. The molecule has 1 aliphatic carbocycles. The van der Waals surface area contributed by atoms with E-state index in [0.717, 1.165) is 26.7 Å². The van der Waals surface area contributed by atoms with Gasteiger partial charge in [-0.3, -0.25) is 9.78 Å². The number of nitrogens with two attached hydrogens (primary N) is 1. The minimum atomic E-state index is -0.424. The first-order chi connectivity index (χ1) is 9.11. The van der Waals surface area contributed by atoms with Gasteiger partial charge in [0.05, 0.1) is 12.3 Å². The summed E-state index contributed by atoms with van der Waals surface area (Å²) in [6.07, 6.45) is 2.39. The Hall–Kier alpha value is -1.72. The summed E-state index contributed by atoms with van der Waals surface area (Å²) in [5.74, 6) is -0.424. The summed E-state index contributed by atoms with van der Waals surface area (Å²) in [4.78, 5) is 15.7. The highest BCUT2D eigenvalue weighted by Gasteiger charge is 2.25. The van der Waals surface area contributed by atoms with Gasteiger partial charge in [-0.25, -0.2) is 0 Å². The maximum atomic E-state index is 11.5. The number of halogens is 1. The zero-order valence-electron chi connectivity index (χ0n) is 9.98. The highest BCUT2D eigenvalue weighted by atomic mass is 79.9. The quantitative estimate of drug-likeness (QED) is 0.758. The Morgan fingerprint density at radius 1 is 1.47 bits per heavy atom. The fourth-order valence-electron chi connectivity index (χ4n) is 2.50. The molecule has 1 aliphatic rings. The van der Waals surface area contributed by atoms with Crippen molar-refractivity contribution >= 4 is 21.8 Å². The van der Waals surface area contributed by atoms with Crippen molar-refractivity contribution < 1.29 is 9.90 Å². The average molecular weight is 319 g/mol. The van der Waals surface area contributed by atoms with Crippen LogP contribution in [0.5, 0.6) is 0 Å². The molecule has 0 aliphatic heterocycles. The maximum absolute atomic E-state index is 11.5. The Bertz CT molecular complexity index is 698. The number of aromatic nitrogens is 1. The first-order valence-electron chi connectivity index (χ1n) is 5.82.